The van der Waals surface area contributed by atoms with Crippen LogP contribution in [0.4, 0.5) is 13.9 Å². The van der Waals surface area contributed by atoms with Crippen molar-refractivity contribution < 1.29 is 18.3 Å². The lowest BCUT2D eigenvalue weighted by Gasteiger charge is -2.06. The van der Waals surface area contributed by atoms with Crippen molar-refractivity contribution >= 4 is 32.6 Å². The van der Waals surface area contributed by atoms with E-state index < -0.39 is 13.0 Å². The Kier molecular flexibility index (Phi) is 4.80. The van der Waals surface area contributed by atoms with E-state index in [1.165, 1.54) is 11.3 Å². The van der Waals surface area contributed by atoms with Crippen LogP contribution in [-0.2, 0) is 4.74 Å². The van der Waals surface area contributed by atoms with Crippen LogP contribution in [0.2, 0.25) is 0 Å². The number of ether oxygens (including phenoxy) is 1. The van der Waals surface area contributed by atoms with Crippen molar-refractivity contribution in [2.75, 3.05) is 25.5 Å². The van der Waals surface area contributed by atoms with Crippen molar-refractivity contribution in [2.24, 2.45) is 0 Å². The van der Waals surface area contributed by atoms with Gasteiger partial charge in [0.05, 0.1) is 16.8 Å². The number of hydrogen-bond donors (Lipinski definition) is 2. The second kappa shape index (κ2) is 6.58. The summed E-state index contributed by atoms with van der Waals surface area (Å²) in [4.78, 5) is 15.9. The fourth-order valence-electron chi connectivity index (χ4n) is 1.59. The average Bonchev–Trinajstić information content (AvgIpc) is 2.76. The largest absolute Gasteiger partial charge is 0.375 e. The molecule has 1 aromatic heterocycles. The second-order valence-electron chi connectivity index (χ2n) is 3.96. The van der Waals surface area contributed by atoms with Gasteiger partial charge in [-0.3, -0.25) is 4.79 Å². The van der Waals surface area contributed by atoms with Crippen molar-refractivity contribution in [3.05, 3.63) is 23.8 Å². The Bertz CT molecular complexity index is 603. The molecule has 0 saturated carbocycles. The van der Waals surface area contributed by atoms with Crippen LogP contribution in [0.5, 0.6) is 0 Å². The number of rotatable bonds is 6. The van der Waals surface area contributed by atoms with Crippen LogP contribution in [0.15, 0.2) is 18.2 Å². The van der Waals surface area contributed by atoms with E-state index >= 15 is 0 Å². The molecular formula is C12H13F2N3O2S. The molecule has 1 amide bonds. The number of aromatic nitrogens is 1. The molecule has 0 fully saturated rings. The van der Waals surface area contributed by atoms with Gasteiger partial charge >= 0.3 is 0 Å². The molecule has 108 valence electrons. The number of nitrogen functional groups attached to an aromatic ring is 1. The Morgan fingerprint density at radius 3 is 3.05 bits per heavy atom. The van der Waals surface area contributed by atoms with Crippen LogP contribution in [-0.4, -0.2) is 37.1 Å². The maximum atomic E-state index is 11.8. The van der Waals surface area contributed by atoms with Crippen LogP contribution < -0.4 is 11.1 Å². The van der Waals surface area contributed by atoms with Crippen molar-refractivity contribution in [3.63, 3.8) is 0 Å². The van der Waals surface area contributed by atoms with Gasteiger partial charge in [-0.1, -0.05) is 11.3 Å². The molecule has 0 saturated heterocycles. The highest BCUT2D eigenvalue weighted by molar-refractivity contribution is 7.22. The molecule has 0 unspecified atom stereocenters. The molecule has 2 aromatic rings. The highest BCUT2D eigenvalue weighted by Gasteiger charge is 2.08. The maximum absolute atomic E-state index is 11.8. The molecule has 2 rings (SSSR count). The first-order chi connectivity index (χ1) is 9.56. The standard InChI is InChI=1S/C12H13F2N3O2S/c13-10(14)6-19-4-3-16-11(18)7-1-2-8-9(5-7)20-12(15)17-8/h1-2,5,10H,3-4,6H2,(H2,15,17)(H,16,18). The SMILES string of the molecule is Nc1nc2ccc(C(=O)NCCOCC(F)F)cc2s1. The summed E-state index contributed by atoms with van der Waals surface area (Å²) in [5.41, 5.74) is 6.79. The van der Waals surface area contributed by atoms with Gasteiger partial charge < -0.3 is 15.8 Å². The molecule has 0 radical (unpaired) electrons. The van der Waals surface area contributed by atoms with Gasteiger partial charge in [0.15, 0.2) is 5.13 Å². The van der Waals surface area contributed by atoms with Crippen molar-refractivity contribution in [3.8, 4) is 0 Å². The molecule has 0 bridgehead atoms. The quantitative estimate of drug-likeness (QED) is 0.799. The minimum atomic E-state index is -2.50. The predicted octanol–water partition coefficient (Wildman–Crippen LogP) is 1.89. The maximum Gasteiger partial charge on any atom is 0.261 e. The summed E-state index contributed by atoms with van der Waals surface area (Å²) < 4.78 is 29.1. The molecule has 20 heavy (non-hydrogen) atoms. The molecule has 3 N–H and O–H groups in total. The zero-order valence-corrected chi connectivity index (χ0v) is 11.3. The number of benzene rings is 1. The third kappa shape index (κ3) is 3.84. The normalized spacial score (nSPS) is 11.2. The summed E-state index contributed by atoms with van der Waals surface area (Å²) in [6.45, 7) is -0.401. The molecule has 1 heterocycles. The van der Waals surface area contributed by atoms with Crippen LogP contribution in [0.3, 0.4) is 0 Å². The Labute approximate surface area is 117 Å². The van der Waals surface area contributed by atoms with Crippen LogP contribution in [0.25, 0.3) is 10.2 Å². The molecule has 0 spiro atoms. The molecule has 0 atom stereocenters. The fraction of sp³-hybridized carbons (Fsp3) is 0.333. The zero-order chi connectivity index (χ0) is 14.5. The number of alkyl halides is 2. The number of nitrogens with two attached hydrogens (primary N) is 1. The summed E-state index contributed by atoms with van der Waals surface area (Å²) in [6, 6.07) is 5.04. The van der Waals surface area contributed by atoms with E-state index in [1.54, 1.807) is 18.2 Å². The number of carbonyl (C=O) groups excluding carboxylic acids is 1. The first kappa shape index (κ1) is 14.6. The lowest BCUT2D eigenvalue weighted by Crippen LogP contribution is -2.27. The number of amides is 1. The van der Waals surface area contributed by atoms with Gasteiger partial charge in [0.2, 0.25) is 0 Å². The number of carbonyl (C=O) groups is 1. The lowest BCUT2D eigenvalue weighted by molar-refractivity contribution is 0.0188. The number of fused-ring (bicyclic) bond motifs is 1. The van der Waals surface area contributed by atoms with Gasteiger partial charge in [-0.15, -0.1) is 0 Å². The highest BCUT2D eigenvalue weighted by atomic mass is 32.1. The molecule has 5 nitrogen and oxygen atoms in total. The monoisotopic (exact) mass is 301 g/mol. The van der Waals surface area contributed by atoms with E-state index in [2.05, 4.69) is 15.0 Å². The number of nitrogens with one attached hydrogen (secondary N) is 1. The molecule has 8 heteroatoms. The molecule has 1 aromatic carbocycles. The van der Waals surface area contributed by atoms with Gasteiger partial charge in [-0.2, -0.15) is 0 Å². The second-order valence-corrected chi connectivity index (χ2v) is 5.02. The van der Waals surface area contributed by atoms with Gasteiger partial charge in [-0.25, -0.2) is 13.8 Å². The van der Waals surface area contributed by atoms with Crippen molar-refractivity contribution in [1.82, 2.24) is 10.3 Å². The zero-order valence-electron chi connectivity index (χ0n) is 10.4. The topological polar surface area (TPSA) is 77.2 Å². The summed E-state index contributed by atoms with van der Waals surface area (Å²) in [5, 5.41) is 3.03. The van der Waals surface area contributed by atoms with E-state index in [9.17, 15) is 13.6 Å². The Balaban J connectivity index is 1.87. The minimum absolute atomic E-state index is 0.0475. The van der Waals surface area contributed by atoms with E-state index in [4.69, 9.17) is 5.73 Å². The van der Waals surface area contributed by atoms with Gasteiger partial charge in [-0.05, 0) is 18.2 Å². The summed E-state index contributed by atoms with van der Waals surface area (Å²) in [7, 11) is 0. The average molecular weight is 301 g/mol. The fourth-order valence-corrected chi connectivity index (χ4v) is 2.37. The molecular weight excluding hydrogens is 288 g/mol. The summed E-state index contributed by atoms with van der Waals surface area (Å²) in [6.07, 6.45) is -2.50. The predicted molar refractivity (Wildman–Crippen MR) is 73.2 cm³/mol. The number of nitrogens with zero attached hydrogens (tertiary/aromatic N) is 1. The van der Waals surface area contributed by atoms with Crippen LogP contribution in [0, 0.1) is 0 Å². The third-order valence-corrected chi connectivity index (χ3v) is 3.29. The van der Waals surface area contributed by atoms with E-state index in [0.29, 0.717) is 10.7 Å². The highest BCUT2D eigenvalue weighted by Crippen LogP contribution is 2.24. The van der Waals surface area contributed by atoms with Gasteiger partial charge in [0.1, 0.15) is 6.61 Å². The molecule has 0 aliphatic rings. The van der Waals surface area contributed by atoms with Gasteiger partial charge in [0.25, 0.3) is 12.3 Å². The Morgan fingerprint density at radius 1 is 1.50 bits per heavy atom. The number of halogens is 2. The van der Waals surface area contributed by atoms with Gasteiger partial charge in [0, 0.05) is 12.1 Å². The van der Waals surface area contributed by atoms with Crippen LogP contribution >= 0.6 is 11.3 Å². The van der Waals surface area contributed by atoms with E-state index in [1.807, 2.05) is 0 Å². The minimum Gasteiger partial charge on any atom is -0.375 e. The van der Waals surface area contributed by atoms with Crippen molar-refractivity contribution in [2.45, 2.75) is 6.43 Å². The third-order valence-electron chi connectivity index (χ3n) is 2.44. The number of anilines is 1. The smallest absolute Gasteiger partial charge is 0.261 e. The van der Waals surface area contributed by atoms with Crippen LogP contribution in [0.1, 0.15) is 10.4 Å². The first-order valence-corrected chi connectivity index (χ1v) is 6.68. The van der Waals surface area contributed by atoms with E-state index in [-0.39, 0.29) is 19.1 Å². The summed E-state index contributed by atoms with van der Waals surface area (Å²) in [5.74, 6) is -0.292. The molecule has 0 aliphatic heterocycles. The first-order valence-electron chi connectivity index (χ1n) is 5.86. The number of hydrogen-bond acceptors (Lipinski definition) is 5. The van der Waals surface area contributed by atoms with Crippen molar-refractivity contribution in [1.29, 1.82) is 0 Å². The Morgan fingerprint density at radius 2 is 2.30 bits per heavy atom. The Hall–Kier alpha value is -1.80. The summed E-state index contributed by atoms with van der Waals surface area (Å²) >= 11 is 1.30. The number of thiazole rings is 1. The van der Waals surface area contributed by atoms with E-state index in [0.717, 1.165) is 10.2 Å². The molecule has 0 aliphatic carbocycles. The lowest BCUT2D eigenvalue weighted by atomic mass is 10.2.